The van der Waals surface area contributed by atoms with Crippen molar-refractivity contribution in [3.8, 4) is 0 Å². The van der Waals surface area contributed by atoms with E-state index in [1.165, 1.54) is 23.4 Å². The van der Waals surface area contributed by atoms with Gasteiger partial charge in [-0.05, 0) is 31.0 Å². The Morgan fingerprint density at radius 3 is 2.88 bits per heavy atom. The molecule has 126 valence electrons. The summed E-state index contributed by atoms with van der Waals surface area (Å²) in [5, 5.41) is 7.13. The third-order valence-electron chi connectivity index (χ3n) is 5.30. The van der Waals surface area contributed by atoms with E-state index in [0.717, 1.165) is 38.0 Å². The summed E-state index contributed by atoms with van der Waals surface area (Å²) < 4.78 is 13.1. The maximum atomic E-state index is 13.1. The molecule has 2 atom stereocenters. The maximum absolute atomic E-state index is 13.1. The zero-order valence-corrected chi connectivity index (χ0v) is 13.7. The molecule has 6 heteroatoms. The summed E-state index contributed by atoms with van der Waals surface area (Å²) in [5.74, 6) is -0.0698. The Morgan fingerprint density at radius 1 is 1.29 bits per heavy atom. The van der Waals surface area contributed by atoms with E-state index >= 15 is 0 Å². The highest BCUT2D eigenvalue weighted by atomic mass is 19.1. The summed E-state index contributed by atoms with van der Waals surface area (Å²) in [7, 11) is 0. The normalized spacial score (nSPS) is 22.7. The van der Waals surface area contributed by atoms with E-state index in [0.29, 0.717) is 0 Å². The van der Waals surface area contributed by atoms with E-state index in [9.17, 15) is 9.18 Å². The van der Waals surface area contributed by atoms with Gasteiger partial charge in [0, 0.05) is 37.3 Å². The van der Waals surface area contributed by atoms with Gasteiger partial charge in [-0.3, -0.25) is 14.8 Å². The minimum Gasteiger partial charge on any atom is -0.335 e. The standard InChI is InChI=1S/C18H21FN4O/c1-12(13-2-4-15(19)5-3-13)23-9-7-17(18(23)24)22-8-6-16-14(11-22)10-20-21-16/h2-5,10,12,17H,6-9,11H2,1H3,(H,20,21)/t12-,17+/m0/s1. The van der Waals surface area contributed by atoms with E-state index < -0.39 is 0 Å². The number of amides is 1. The monoisotopic (exact) mass is 328 g/mol. The number of nitrogens with one attached hydrogen (secondary N) is 1. The second kappa shape index (κ2) is 6.02. The molecule has 2 aliphatic heterocycles. The SMILES string of the molecule is C[C@@H](c1ccc(F)cc1)N1CC[C@@H](N2CCc3[nH]ncc3C2)C1=O. The molecule has 0 spiro atoms. The molecular weight excluding hydrogens is 307 g/mol. The maximum Gasteiger partial charge on any atom is 0.240 e. The summed E-state index contributed by atoms with van der Waals surface area (Å²) in [6.07, 6.45) is 3.62. The van der Waals surface area contributed by atoms with Crippen molar-refractivity contribution in [2.45, 2.75) is 38.4 Å². The lowest BCUT2D eigenvalue weighted by Gasteiger charge is -2.32. The van der Waals surface area contributed by atoms with Gasteiger partial charge in [-0.25, -0.2) is 4.39 Å². The van der Waals surface area contributed by atoms with Crippen molar-refractivity contribution in [2.75, 3.05) is 13.1 Å². The van der Waals surface area contributed by atoms with Crippen molar-refractivity contribution in [2.24, 2.45) is 0 Å². The first-order valence-electron chi connectivity index (χ1n) is 8.44. The van der Waals surface area contributed by atoms with Crippen LogP contribution in [0.4, 0.5) is 4.39 Å². The van der Waals surface area contributed by atoms with E-state index in [4.69, 9.17) is 0 Å². The highest BCUT2D eigenvalue weighted by Crippen LogP contribution is 2.30. The molecular formula is C18H21FN4O. The van der Waals surface area contributed by atoms with Crippen LogP contribution in [0.15, 0.2) is 30.5 Å². The number of nitrogens with zero attached hydrogens (tertiary/aromatic N) is 3. The molecule has 1 fully saturated rings. The van der Waals surface area contributed by atoms with Gasteiger partial charge in [0.15, 0.2) is 0 Å². The van der Waals surface area contributed by atoms with Gasteiger partial charge in [-0.2, -0.15) is 5.10 Å². The molecule has 3 heterocycles. The largest absolute Gasteiger partial charge is 0.335 e. The molecule has 0 bridgehead atoms. The van der Waals surface area contributed by atoms with E-state index in [1.54, 1.807) is 12.1 Å². The van der Waals surface area contributed by atoms with E-state index in [2.05, 4.69) is 15.1 Å². The third kappa shape index (κ3) is 2.60. The van der Waals surface area contributed by atoms with Crippen molar-refractivity contribution >= 4 is 5.91 Å². The lowest BCUT2D eigenvalue weighted by Crippen LogP contribution is -2.44. The molecule has 2 aliphatic rings. The molecule has 0 unspecified atom stereocenters. The fraction of sp³-hybridized carbons (Fsp3) is 0.444. The molecule has 1 N–H and O–H groups in total. The average molecular weight is 328 g/mol. The van der Waals surface area contributed by atoms with Crippen molar-refractivity contribution in [1.82, 2.24) is 20.0 Å². The van der Waals surface area contributed by atoms with E-state index in [-0.39, 0.29) is 23.8 Å². The molecule has 1 saturated heterocycles. The van der Waals surface area contributed by atoms with Gasteiger partial charge in [0.2, 0.25) is 5.91 Å². The number of aromatic amines is 1. The van der Waals surface area contributed by atoms with Crippen molar-refractivity contribution in [1.29, 1.82) is 0 Å². The van der Waals surface area contributed by atoms with Crippen LogP contribution in [0, 0.1) is 5.82 Å². The number of rotatable bonds is 3. The number of hydrogen-bond donors (Lipinski definition) is 1. The van der Waals surface area contributed by atoms with Crippen molar-refractivity contribution in [3.05, 3.63) is 53.1 Å². The zero-order chi connectivity index (χ0) is 16.7. The molecule has 0 radical (unpaired) electrons. The molecule has 1 aromatic heterocycles. The van der Waals surface area contributed by atoms with Crippen molar-refractivity contribution in [3.63, 3.8) is 0 Å². The fourth-order valence-electron chi connectivity index (χ4n) is 3.84. The number of hydrogen-bond acceptors (Lipinski definition) is 3. The number of carbonyl (C=O) groups excluding carboxylic acids is 1. The molecule has 0 saturated carbocycles. The van der Waals surface area contributed by atoms with Gasteiger partial charge in [0.25, 0.3) is 0 Å². The molecule has 4 rings (SSSR count). The van der Waals surface area contributed by atoms with Crippen LogP contribution in [0.1, 0.15) is 36.2 Å². The summed E-state index contributed by atoms with van der Waals surface area (Å²) in [6, 6.07) is 6.34. The molecule has 1 amide bonds. The quantitative estimate of drug-likeness (QED) is 0.940. The van der Waals surface area contributed by atoms with Crippen LogP contribution in [0.3, 0.4) is 0 Å². The van der Waals surface area contributed by atoms with Crippen LogP contribution in [0.5, 0.6) is 0 Å². The highest BCUT2D eigenvalue weighted by molar-refractivity contribution is 5.84. The smallest absolute Gasteiger partial charge is 0.240 e. The lowest BCUT2D eigenvalue weighted by atomic mass is 10.1. The number of fused-ring (bicyclic) bond motifs is 1. The van der Waals surface area contributed by atoms with E-state index in [1.807, 2.05) is 18.0 Å². The number of H-pyrrole nitrogens is 1. The Bertz CT molecular complexity index is 742. The van der Waals surface area contributed by atoms with Crippen LogP contribution in [0.25, 0.3) is 0 Å². The number of aromatic nitrogens is 2. The minimum absolute atomic E-state index is 0.0302. The fourth-order valence-corrected chi connectivity index (χ4v) is 3.84. The summed E-state index contributed by atoms with van der Waals surface area (Å²) in [6.45, 7) is 4.42. The van der Waals surface area contributed by atoms with Gasteiger partial charge in [-0.15, -0.1) is 0 Å². The Hall–Kier alpha value is -2.21. The second-order valence-corrected chi connectivity index (χ2v) is 6.66. The Morgan fingerprint density at radius 2 is 2.08 bits per heavy atom. The van der Waals surface area contributed by atoms with Crippen LogP contribution >= 0.6 is 0 Å². The number of benzene rings is 1. The first kappa shape index (κ1) is 15.3. The predicted octanol–water partition coefficient (Wildman–Crippen LogP) is 2.27. The molecule has 5 nitrogen and oxygen atoms in total. The first-order chi connectivity index (χ1) is 11.6. The van der Waals surface area contributed by atoms with Gasteiger partial charge in [-0.1, -0.05) is 12.1 Å². The molecule has 2 aromatic rings. The predicted molar refractivity (Wildman–Crippen MR) is 87.6 cm³/mol. The van der Waals surface area contributed by atoms with Gasteiger partial charge >= 0.3 is 0 Å². The van der Waals surface area contributed by atoms with Crippen LogP contribution in [-0.4, -0.2) is 45.0 Å². The Kier molecular flexibility index (Phi) is 3.84. The van der Waals surface area contributed by atoms with Gasteiger partial charge in [0.1, 0.15) is 5.82 Å². The molecule has 0 aliphatic carbocycles. The molecule has 24 heavy (non-hydrogen) atoms. The van der Waals surface area contributed by atoms with Gasteiger partial charge < -0.3 is 4.90 Å². The zero-order valence-electron chi connectivity index (χ0n) is 13.7. The van der Waals surface area contributed by atoms with Crippen molar-refractivity contribution < 1.29 is 9.18 Å². The number of likely N-dealkylation sites (tertiary alicyclic amines) is 1. The summed E-state index contributed by atoms with van der Waals surface area (Å²) in [5.41, 5.74) is 3.36. The molecule has 1 aromatic carbocycles. The van der Waals surface area contributed by atoms with Crippen LogP contribution in [-0.2, 0) is 17.8 Å². The summed E-state index contributed by atoms with van der Waals surface area (Å²) in [4.78, 5) is 17.1. The van der Waals surface area contributed by atoms with Crippen LogP contribution in [0.2, 0.25) is 0 Å². The number of carbonyl (C=O) groups is 1. The topological polar surface area (TPSA) is 52.2 Å². The Balaban J connectivity index is 1.47. The second-order valence-electron chi connectivity index (χ2n) is 6.66. The Labute approximate surface area is 140 Å². The lowest BCUT2D eigenvalue weighted by molar-refractivity contribution is -0.134. The third-order valence-corrected chi connectivity index (χ3v) is 5.30. The number of halogens is 1. The van der Waals surface area contributed by atoms with Gasteiger partial charge in [0.05, 0.1) is 18.3 Å². The average Bonchev–Trinajstić information content (AvgIpc) is 3.20. The van der Waals surface area contributed by atoms with Crippen LogP contribution < -0.4 is 0 Å². The minimum atomic E-state index is -0.249. The highest BCUT2D eigenvalue weighted by Gasteiger charge is 2.39. The summed E-state index contributed by atoms with van der Waals surface area (Å²) >= 11 is 0. The first-order valence-corrected chi connectivity index (χ1v) is 8.44.